The van der Waals surface area contributed by atoms with Crippen LogP contribution >= 0.6 is 0 Å². The molecular weight excluding hydrogens is 214 g/mol. The Bertz CT molecular complexity index is 374. The zero-order valence-electron chi connectivity index (χ0n) is 8.81. The van der Waals surface area contributed by atoms with Crippen molar-refractivity contribution in [2.75, 3.05) is 0 Å². The standard InChI is InChI=1S/C10H17NO3S/c1-7-2-8-4-9(3-7)6-10(5-8)11-15(12,13)14/h2,7,9-11H,3-6H2,1H3,(H,12,13,14). The quantitative estimate of drug-likeness (QED) is 0.559. The minimum absolute atomic E-state index is 0.113. The molecule has 4 nitrogen and oxygen atoms in total. The van der Waals surface area contributed by atoms with Crippen LogP contribution in [0.25, 0.3) is 0 Å². The Labute approximate surface area is 90.6 Å². The highest BCUT2D eigenvalue weighted by Crippen LogP contribution is 2.38. The summed E-state index contributed by atoms with van der Waals surface area (Å²) in [7, 11) is -4.05. The van der Waals surface area contributed by atoms with Crippen LogP contribution in [-0.4, -0.2) is 19.0 Å². The molecular formula is C10H17NO3S. The lowest BCUT2D eigenvalue weighted by atomic mass is 9.73. The maximum absolute atomic E-state index is 10.7. The first kappa shape index (κ1) is 11.1. The zero-order valence-corrected chi connectivity index (χ0v) is 9.63. The van der Waals surface area contributed by atoms with Gasteiger partial charge in [-0.15, -0.1) is 0 Å². The topological polar surface area (TPSA) is 66.4 Å². The molecule has 5 heteroatoms. The molecule has 2 aliphatic carbocycles. The van der Waals surface area contributed by atoms with E-state index in [0.717, 1.165) is 25.7 Å². The molecule has 2 N–H and O–H groups in total. The first-order valence-corrected chi connectivity index (χ1v) is 6.80. The van der Waals surface area contributed by atoms with Crippen molar-refractivity contribution in [3.05, 3.63) is 11.6 Å². The predicted octanol–water partition coefficient (Wildman–Crippen LogP) is 1.51. The fourth-order valence-corrected chi connectivity index (χ4v) is 3.55. The first-order valence-electron chi connectivity index (χ1n) is 5.36. The van der Waals surface area contributed by atoms with Crippen LogP contribution in [-0.2, 0) is 10.3 Å². The smallest absolute Gasteiger partial charge is 0.273 e. The van der Waals surface area contributed by atoms with Gasteiger partial charge in [0.15, 0.2) is 0 Å². The van der Waals surface area contributed by atoms with Gasteiger partial charge >= 0.3 is 10.3 Å². The minimum Gasteiger partial charge on any atom is -0.273 e. The van der Waals surface area contributed by atoms with Crippen molar-refractivity contribution in [2.45, 2.75) is 38.6 Å². The Morgan fingerprint density at radius 3 is 2.73 bits per heavy atom. The monoisotopic (exact) mass is 231 g/mol. The van der Waals surface area contributed by atoms with Gasteiger partial charge in [0, 0.05) is 6.04 Å². The van der Waals surface area contributed by atoms with Crippen molar-refractivity contribution in [1.82, 2.24) is 4.72 Å². The third kappa shape index (κ3) is 3.03. The van der Waals surface area contributed by atoms with Crippen molar-refractivity contribution in [3.8, 4) is 0 Å². The van der Waals surface area contributed by atoms with Gasteiger partial charge < -0.3 is 0 Å². The summed E-state index contributed by atoms with van der Waals surface area (Å²) in [6.45, 7) is 2.20. The molecule has 0 amide bonds. The van der Waals surface area contributed by atoms with Crippen molar-refractivity contribution < 1.29 is 13.0 Å². The van der Waals surface area contributed by atoms with Crippen molar-refractivity contribution in [3.63, 3.8) is 0 Å². The molecule has 0 aromatic rings. The zero-order chi connectivity index (χ0) is 11.1. The van der Waals surface area contributed by atoms with Crippen molar-refractivity contribution >= 4 is 10.3 Å². The second-order valence-electron chi connectivity index (χ2n) is 4.84. The van der Waals surface area contributed by atoms with Crippen LogP contribution in [0, 0.1) is 11.8 Å². The maximum atomic E-state index is 10.7. The van der Waals surface area contributed by atoms with Gasteiger partial charge in [0.2, 0.25) is 0 Å². The number of hydrogen-bond acceptors (Lipinski definition) is 2. The molecule has 0 aromatic carbocycles. The summed E-state index contributed by atoms with van der Waals surface area (Å²) < 4.78 is 32.4. The number of rotatable bonds is 2. The van der Waals surface area contributed by atoms with Gasteiger partial charge in [-0.1, -0.05) is 18.6 Å². The molecule has 0 heterocycles. The highest BCUT2D eigenvalue weighted by Gasteiger charge is 2.30. The average molecular weight is 231 g/mol. The molecule has 0 radical (unpaired) electrons. The molecule has 15 heavy (non-hydrogen) atoms. The fraction of sp³-hybridized carbons (Fsp3) is 0.800. The highest BCUT2D eigenvalue weighted by atomic mass is 32.2. The molecule has 2 aliphatic rings. The van der Waals surface area contributed by atoms with Gasteiger partial charge in [-0.2, -0.15) is 13.1 Å². The Balaban J connectivity index is 2.06. The maximum Gasteiger partial charge on any atom is 0.333 e. The van der Waals surface area contributed by atoms with Gasteiger partial charge in [-0.3, -0.25) is 4.55 Å². The fourth-order valence-electron chi connectivity index (χ4n) is 2.95. The summed E-state index contributed by atoms with van der Waals surface area (Å²) in [5.74, 6) is 1.19. The normalized spacial score (nSPS) is 36.1. The van der Waals surface area contributed by atoms with Crippen LogP contribution in [0.3, 0.4) is 0 Å². The number of fused-ring (bicyclic) bond motifs is 2. The summed E-state index contributed by atoms with van der Waals surface area (Å²) in [6, 6.07) is -0.113. The minimum atomic E-state index is -4.05. The summed E-state index contributed by atoms with van der Waals surface area (Å²) >= 11 is 0. The van der Waals surface area contributed by atoms with E-state index in [1.807, 2.05) is 0 Å². The Hall–Kier alpha value is -0.390. The molecule has 1 fully saturated rings. The van der Waals surface area contributed by atoms with E-state index in [1.165, 1.54) is 5.57 Å². The van der Waals surface area contributed by atoms with Crippen molar-refractivity contribution in [2.24, 2.45) is 11.8 Å². The summed E-state index contributed by atoms with van der Waals surface area (Å²) in [6.07, 6.45) is 6.08. The van der Waals surface area contributed by atoms with Gasteiger partial charge in [0.25, 0.3) is 0 Å². The van der Waals surface area contributed by atoms with Crippen molar-refractivity contribution in [1.29, 1.82) is 0 Å². The molecule has 0 saturated heterocycles. The van der Waals surface area contributed by atoms with E-state index in [-0.39, 0.29) is 6.04 Å². The van der Waals surface area contributed by atoms with E-state index in [4.69, 9.17) is 4.55 Å². The van der Waals surface area contributed by atoms with Gasteiger partial charge in [0.1, 0.15) is 0 Å². The van der Waals surface area contributed by atoms with E-state index in [0.29, 0.717) is 11.8 Å². The predicted molar refractivity (Wildman–Crippen MR) is 57.7 cm³/mol. The third-order valence-corrected chi connectivity index (χ3v) is 3.85. The molecule has 2 rings (SSSR count). The number of nitrogens with one attached hydrogen (secondary N) is 1. The van der Waals surface area contributed by atoms with Crippen LogP contribution in [0.4, 0.5) is 0 Å². The van der Waals surface area contributed by atoms with E-state index in [9.17, 15) is 8.42 Å². The summed E-state index contributed by atoms with van der Waals surface area (Å²) in [5, 5.41) is 0. The molecule has 3 unspecified atom stereocenters. The second kappa shape index (κ2) is 3.88. The lowest BCUT2D eigenvalue weighted by Crippen LogP contribution is -2.39. The highest BCUT2D eigenvalue weighted by molar-refractivity contribution is 7.83. The largest absolute Gasteiger partial charge is 0.333 e. The summed E-state index contributed by atoms with van der Waals surface area (Å²) in [4.78, 5) is 0. The third-order valence-electron chi connectivity index (χ3n) is 3.22. The van der Waals surface area contributed by atoms with E-state index >= 15 is 0 Å². The molecule has 0 spiro atoms. The molecule has 3 atom stereocenters. The van der Waals surface area contributed by atoms with Crippen LogP contribution in [0.15, 0.2) is 11.6 Å². The molecule has 2 bridgehead atoms. The lowest BCUT2D eigenvalue weighted by molar-refractivity contribution is 0.295. The molecule has 0 aromatic heterocycles. The van der Waals surface area contributed by atoms with Crippen LogP contribution in [0.1, 0.15) is 32.6 Å². The van der Waals surface area contributed by atoms with Crippen LogP contribution in [0.5, 0.6) is 0 Å². The van der Waals surface area contributed by atoms with Crippen LogP contribution < -0.4 is 4.72 Å². The van der Waals surface area contributed by atoms with Crippen LogP contribution in [0.2, 0.25) is 0 Å². The Morgan fingerprint density at radius 1 is 1.40 bits per heavy atom. The van der Waals surface area contributed by atoms with Gasteiger partial charge in [0.05, 0.1) is 0 Å². The van der Waals surface area contributed by atoms with Gasteiger partial charge in [-0.05, 0) is 37.5 Å². The van der Waals surface area contributed by atoms with E-state index in [1.54, 1.807) is 0 Å². The van der Waals surface area contributed by atoms with E-state index in [2.05, 4.69) is 17.7 Å². The molecule has 1 saturated carbocycles. The number of hydrogen-bond donors (Lipinski definition) is 2. The lowest BCUT2D eigenvalue weighted by Gasteiger charge is -2.36. The average Bonchev–Trinajstić information content (AvgIpc) is 1.96. The Kier molecular flexibility index (Phi) is 2.87. The Morgan fingerprint density at radius 2 is 2.13 bits per heavy atom. The first-order chi connectivity index (χ1) is 6.92. The molecule has 86 valence electrons. The summed E-state index contributed by atoms with van der Waals surface area (Å²) in [5.41, 5.74) is 1.34. The second-order valence-corrected chi connectivity index (χ2v) is 6.02. The molecule has 0 aliphatic heterocycles. The van der Waals surface area contributed by atoms with E-state index < -0.39 is 10.3 Å². The van der Waals surface area contributed by atoms with Gasteiger partial charge in [-0.25, -0.2) is 0 Å². The number of allylic oxidation sites excluding steroid dienone is 1. The SMILES string of the molecule is CC1C=C2CC(C1)CC(NS(=O)(=O)O)C2.